The van der Waals surface area contributed by atoms with Gasteiger partial charge in [0.05, 0.1) is 22.1 Å². The van der Waals surface area contributed by atoms with Gasteiger partial charge in [-0.25, -0.2) is 0 Å². The summed E-state index contributed by atoms with van der Waals surface area (Å²) in [6.45, 7) is 0.480. The molecule has 0 atom stereocenters. The smallest absolute Gasteiger partial charge is 0.271 e. The summed E-state index contributed by atoms with van der Waals surface area (Å²) in [7, 11) is 0. The number of fused-ring (bicyclic) bond motifs is 1. The highest BCUT2D eigenvalue weighted by Gasteiger charge is 2.27. The van der Waals surface area contributed by atoms with Gasteiger partial charge in [-0.3, -0.25) is 25.0 Å². The SMILES string of the molecule is O=C(c1ccc([N+](=O)[O-])cc1)N1CCOc2ccc([N+](=O)[O-])cc21. The summed E-state index contributed by atoms with van der Waals surface area (Å²) in [5.74, 6) is -0.0305. The van der Waals surface area contributed by atoms with Crippen LogP contribution in [0.15, 0.2) is 42.5 Å². The number of ether oxygens (including phenoxy) is 1. The van der Waals surface area contributed by atoms with E-state index in [-0.39, 0.29) is 30.1 Å². The number of non-ortho nitro benzene ring substituents is 2. The molecule has 24 heavy (non-hydrogen) atoms. The van der Waals surface area contributed by atoms with E-state index in [0.29, 0.717) is 11.4 Å². The van der Waals surface area contributed by atoms with Crippen LogP contribution in [0.2, 0.25) is 0 Å². The number of amides is 1. The molecule has 0 saturated heterocycles. The highest BCUT2D eigenvalue weighted by molar-refractivity contribution is 6.07. The van der Waals surface area contributed by atoms with E-state index in [0.717, 1.165) is 0 Å². The Morgan fingerprint density at radius 3 is 2.25 bits per heavy atom. The molecule has 2 aromatic carbocycles. The highest BCUT2D eigenvalue weighted by atomic mass is 16.6. The number of nitro groups is 2. The van der Waals surface area contributed by atoms with Crippen LogP contribution in [0, 0.1) is 20.2 Å². The van der Waals surface area contributed by atoms with Crippen molar-refractivity contribution in [1.29, 1.82) is 0 Å². The summed E-state index contributed by atoms with van der Waals surface area (Å²) in [6, 6.07) is 9.21. The van der Waals surface area contributed by atoms with E-state index < -0.39 is 15.8 Å². The van der Waals surface area contributed by atoms with Crippen molar-refractivity contribution >= 4 is 23.0 Å². The third kappa shape index (κ3) is 2.74. The minimum atomic E-state index is -0.554. The molecular weight excluding hydrogens is 318 g/mol. The van der Waals surface area contributed by atoms with Gasteiger partial charge in [-0.1, -0.05) is 0 Å². The Kier molecular flexibility index (Phi) is 3.82. The Bertz CT molecular complexity index is 834. The lowest BCUT2D eigenvalue weighted by Crippen LogP contribution is -2.38. The molecule has 0 spiro atoms. The first-order valence-electron chi connectivity index (χ1n) is 6.95. The standard InChI is InChI=1S/C15H11N3O6/c19-15(10-1-3-11(4-2-10)17(20)21)16-7-8-24-14-6-5-12(18(22)23)9-13(14)16/h1-6,9H,7-8H2. The first-order valence-corrected chi connectivity index (χ1v) is 6.95. The zero-order chi connectivity index (χ0) is 17.3. The maximum Gasteiger partial charge on any atom is 0.271 e. The highest BCUT2D eigenvalue weighted by Crippen LogP contribution is 2.35. The van der Waals surface area contributed by atoms with Gasteiger partial charge in [0.1, 0.15) is 12.4 Å². The molecule has 1 amide bonds. The Morgan fingerprint density at radius 1 is 1.00 bits per heavy atom. The van der Waals surface area contributed by atoms with Gasteiger partial charge >= 0.3 is 0 Å². The molecular formula is C15H11N3O6. The zero-order valence-corrected chi connectivity index (χ0v) is 12.2. The van der Waals surface area contributed by atoms with E-state index in [9.17, 15) is 25.0 Å². The molecule has 9 heteroatoms. The second-order valence-electron chi connectivity index (χ2n) is 5.02. The molecule has 0 aromatic heterocycles. The van der Waals surface area contributed by atoms with Crippen LogP contribution in [-0.2, 0) is 0 Å². The molecule has 0 radical (unpaired) electrons. The van der Waals surface area contributed by atoms with Gasteiger partial charge in [0.15, 0.2) is 0 Å². The topological polar surface area (TPSA) is 116 Å². The second-order valence-corrected chi connectivity index (χ2v) is 5.02. The lowest BCUT2D eigenvalue weighted by atomic mass is 10.1. The molecule has 3 rings (SSSR count). The van der Waals surface area contributed by atoms with Gasteiger partial charge in [-0.2, -0.15) is 0 Å². The van der Waals surface area contributed by atoms with Crippen molar-refractivity contribution in [2.24, 2.45) is 0 Å². The Labute approximate surface area is 135 Å². The van der Waals surface area contributed by atoms with Crippen molar-refractivity contribution < 1.29 is 19.4 Å². The van der Waals surface area contributed by atoms with Crippen LogP contribution in [-0.4, -0.2) is 28.9 Å². The molecule has 0 aliphatic carbocycles. The number of nitrogens with zero attached hydrogens (tertiary/aromatic N) is 3. The first-order chi connectivity index (χ1) is 11.5. The number of nitro benzene ring substituents is 2. The van der Waals surface area contributed by atoms with Crippen LogP contribution in [0.5, 0.6) is 5.75 Å². The summed E-state index contributed by atoms with van der Waals surface area (Å²) >= 11 is 0. The molecule has 0 saturated carbocycles. The van der Waals surface area contributed by atoms with E-state index in [4.69, 9.17) is 4.74 Å². The molecule has 122 valence electrons. The molecule has 0 bridgehead atoms. The minimum absolute atomic E-state index is 0.121. The molecule has 1 aliphatic heterocycles. The van der Waals surface area contributed by atoms with Crippen molar-refractivity contribution in [3.63, 3.8) is 0 Å². The third-order valence-corrected chi connectivity index (χ3v) is 3.59. The van der Waals surface area contributed by atoms with Gasteiger partial charge in [0, 0.05) is 29.8 Å². The number of hydrogen-bond acceptors (Lipinski definition) is 6. The van der Waals surface area contributed by atoms with Crippen molar-refractivity contribution in [2.75, 3.05) is 18.1 Å². The lowest BCUT2D eigenvalue weighted by Gasteiger charge is -2.29. The van der Waals surface area contributed by atoms with E-state index in [2.05, 4.69) is 0 Å². The second kappa shape index (κ2) is 5.95. The van der Waals surface area contributed by atoms with Gasteiger partial charge < -0.3 is 9.64 Å². The van der Waals surface area contributed by atoms with Gasteiger partial charge in [-0.15, -0.1) is 0 Å². The van der Waals surface area contributed by atoms with Gasteiger partial charge in [-0.05, 0) is 18.2 Å². The zero-order valence-electron chi connectivity index (χ0n) is 12.2. The van der Waals surface area contributed by atoms with Crippen LogP contribution >= 0.6 is 0 Å². The minimum Gasteiger partial charge on any atom is -0.490 e. The summed E-state index contributed by atoms with van der Waals surface area (Å²) < 4.78 is 5.42. The lowest BCUT2D eigenvalue weighted by molar-refractivity contribution is -0.385. The normalized spacial score (nSPS) is 12.9. The summed E-state index contributed by atoms with van der Waals surface area (Å²) in [6.07, 6.45) is 0. The first kappa shape index (κ1) is 15.4. The van der Waals surface area contributed by atoms with Crippen LogP contribution in [0.3, 0.4) is 0 Å². The van der Waals surface area contributed by atoms with Crippen molar-refractivity contribution in [2.45, 2.75) is 0 Å². The summed E-state index contributed by atoms with van der Waals surface area (Å²) in [5.41, 5.74) is 0.282. The maximum absolute atomic E-state index is 12.7. The Morgan fingerprint density at radius 2 is 1.62 bits per heavy atom. The van der Waals surface area contributed by atoms with Gasteiger partial charge in [0.2, 0.25) is 0 Å². The quantitative estimate of drug-likeness (QED) is 0.631. The van der Waals surface area contributed by atoms with Crippen LogP contribution in [0.1, 0.15) is 10.4 Å². The van der Waals surface area contributed by atoms with Crippen molar-refractivity contribution in [1.82, 2.24) is 0 Å². The fourth-order valence-electron chi connectivity index (χ4n) is 2.41. The summed E-state index contributed by atoms with van der Waals surface area (Å²) in [4.78, 5) is 34.5. The molecule has 0 unspecified atom stereocenters. The van der Waals surface area contributed by atoms with Crippen LogP contribution < -0.4 is 9.64 Å². The monoisotopic (exact) mass is 329 g/mol. The van der Waals surface area contributed by atoms with E-state index >= 15 is 0 Å². The van der Waals surface area contributed by atoms with Crippen LogP contribution in [0.25, 0.3) is 0 Å². The molecule has 1 aliphatic rings. The van der Waals surface area contributed by atoms with Gasteiger partial charge in [0.25, 0.3) is 17.3 Å². The molecule has 0 N–H and O–H groups in total. The largest absolute Gasteiger partial charge is 0.490 e. The fourth-order valence-corrected chi connectivity index (χ4v) is 2.41. The average molecular weight is 329 g/mol. The molecule has 1 heterocycles. The number of hydrogen-bond donors (Lipinski definition) is 0. The predicted octanol–water partition coefficient (Wildman–Crippen LogP) is 2.54. The van der Waals surface area contributed by atoms with E-state index in [1.807, 2.05) is 0 Å². The number of anilines is 1. The van der Waals surface area contributed by atoms with E-state index in [1.165, 1.54) is 47.4 Å². The Hall–Kier alpha value is -3.49. The number of rotatable bonds is 3. The maximum atomic E-state index is 12.7. The fraction of sp³-hybridized carbons (Fsp3) is 0.133. The molecule has 0 fully saturated rings. The Balaban J connectivity index is 1.95. The number of carbonyl (C=O) groups excluding carboxylic acids is 1. The number of carbonyl (C=O) groups is 1. The summed E-state index contributed by atoms with van der Waals surface area (Å²) in [5, 5.41) is 21.6. The average Bonchev–Trinajstić information content (AvgIpc) is 2.60. The third-order valence-electron chi connectivity index (χ3n) is 3.59. The number of benzene rings is 2. The van der Waals surface area contributed by atoms with E-state index in [1.54, 1.807) is 0 Å². The van der Waals surface area contributed by atoms with Crippen LogP contribution in [0.4, 0.5) is 17.1 Å². The molecule has 2 aromatic rings. The van der Waals surface area contributed by atoms with Crippen molar-refractivity contribution in [3.05, 3.63) is 68.3 Å². The van der Waals surface area contributed by atoms with Crippen molar-refractivity contribution in [3.8, 4) is 5.75 Å². The predicted molar refractivity (Wildman–Crippen MR) is 83.4 cm³/mol. The molecule has 9 nitrogen and oxygen atoms in total.